The number of amides is 1. The number of aliphatic hydroxyl groups is 1. The third kappa shape index (κ3) is 5.64. The summed E-state index contributed by atoms with van der Waals surface area (Å²) in [4.78, 5) is 15.8. The molecule has 3 aliphatic rings. The zero-order valence-electron chi connectivity index (χ0n) is 22.7. The lowest BCUT2D eigenvalue weighted by Gasteiger charge is -2.41. The lowest BCUT2D eigenvalue weighted by atomic mass is 9.83. The first-order valence-electron chi connectivity index (χ1n) is 14.2. The highest BCUT2D eigenvalue weighted by Crippen LogP contribution is 2.42. The molecule has 2 aromatic rings. The van der Waals surface area contributed by atoms with Gasteiger partial charge in [0.1, 0.15) is 11.6 Å². The second-order valence-electron chi connectivity index (χ2n) is 11.9. The normalized spacial score (nSPS) is 29.9. The van der Waals surface area contributed by atoms with E-state index in [1.54, 1.807) is 0 Å². The summed E-state index contributed by atoms with van der Waals surface area (Å²) >= 11 is 0. The zero-order chi connectivity index (χ0) is 27.0. The maximum atomic E-state index is 13.7. The summed E-state index contributed by atoms with van der Waals surface area (Å²) in [5.41, 5.74) is 1.00. The molecule has 5 rings (SSSR count). The van der Waals surface area contributed by atoms with Crippen LogP contribution in [0.4, 0.5) is 8.78 Å². The van der Waals surface area contributed by atoms with Gasteiger partial charge in [-0.05, 0) is 51.0 Å². The second-order valence-corrected chi connectivity index (χ2v) is 11.9. The predicted octanol–water partition coefficient (Wildman–Crippen LogP) is 4.92. The molecule has 38 heavy (non-hydrogen) atoms. The molecule has 1 aromatic carbocycles. The van der Waals surface area contributed by atoms with Gasteiger partial charge < -0.3 is 15.0 Å². The zero-order valence-corrected chi connectivity index (χ0v) is 22.7. The smallest absolute Gasteiger partial charge is 0.250 e. The fourth-order valence-corrected chi connectivity index (χ4v) is 7.03. The fraction of sp³-hybridized carbons (Fsp3) is 0.690. The minimum atomic E-state index is -2.90. The van der Waals surface area contributed by atoms with Crippen molar-refractivity contribution in [3.63, 3.8) is 0 Å². The SMILES string of the molecule is Cc1nnc(C(C)C)n1C1C[C@H]2CC[C@@H](C1)N2CC[C@H](NC(=O)[C@@H]1CCC(F)(F)C[C@H]1O)c1ccccc1. The Balaban J connectivity index is 1.25. The highest BCUT2D eigenvalue weighted by Gasteiger charge is 2.44. The Morgan fingerprint density at radius 2 is 1.79 bits per heavy atom. The van der Waals surface area contributed by atoms with Crippen LogP contribution in [0.1, 0.15) is 100 Å². The Hall–Kier alpha value is -2.39. The maximum Gasteiger partial charge on any atom is 0.250 e. The van der Waals surface area contributed by atoms with Gasteiger partial charge >= 0.3 is 0 Å². The minimum Gasteiger partial charge on any atom is -0.392 e. The lowest BCUT2D eigenvalue weighted by molar-refractivity contribution is -0.140. The lowest BCUT2D eigenvalue weighted by Crippen LogP contribution is -2.47. The van der Waals surface area contributed by atoms with Crippen LogP contribution in [0.15, 0.2) is 30.3 Å². The van der Waals surface area contributed by atoms with Gasteiger partial charge in [-0.1, -0.05) is 44.2 Å². The number of carbonyl (C=O) groups excluding carboxylic acids is 1. The van der Waals surface area contributed by atoms with Crippen LogP contribution in [0.2, 0.25) is 0 Å². The van der Waals surface area contributed by atoms with Crippen LogP contribution >= 0.6 is 0 Å². The van der Waals surface area contributed by atoms with E-state index < -0.39 is 24.4 Å². The van der Waals surface area contributed by atoms with Crippen LogP contribution < -0.4 is 5.32 Å². The van der Waals surface area contributed by atoms with Crippen molar-refractivity contribution in [1.29, 1.82) is 0 Å². The van der Waals surface area contributed by atoms with Gasteiger partial charge in [-0.25, -0.2) is 8.78 Å². The number of aryl methyl sites for hydroxylation is 1. The number of piperidine rings is 1. The van der Waals surface area contributed by atoms with Gasteiger partial charge in [-0.15, -0.1) is 10.2 Å². The van der Waals surface area contributed by atoms with Crippen molar-refractivity contribution in [1.82, 2.24) is 25.0 Å². The Morgan fingerprint density at radius 1 is 1.11 bits per heavy atom. The summed E-state index contributed by atoms with van der Waals surface area (Å²) in [6, 6.07) is 11.0. The van der Waals surface area contributed by atoms with E-state index in [1.165, 1.54) is 12.8 Å². The fourth-order valence-electron chi connectivity index (χ4n) is 7.03. The van der Waals surface area contributed by atoms with Crippen molar-refractivity contribution in [2.24, 2.45) is 5.92 Å². The number of halogens is 2. The van der Waals surface area contributed by atoms with Crippen LogP contribution in [-0.4, -0.2) is 61.3 Å². The van der Waals surface area contributed by atoms with E-state index in [1.807, 2.05) is 37.3 Å². The largest absolute Gasteiger partial charge is 0.392 e. The van der Waals surface area contributed by atoms with Crippen LogP contribution in [0, 0.1) is 12.8 Å². The number of alkyl halides is 2. The van der Waals surface area contributed by atoms with Gasteiger partial charge in [0.2, 0.25) is 5.91 Å². The van der Waals surface area contributed by atoms with E-state index in [0.29, 0.717) is 24.0 Å². The molecule has 6 atom stereocenters. The molecule has 0 radical (unpaired) electrons. The number of hydrogen-bond donors (Lipinski definition) is 2. The highest BCUT2D eigenvalue weighted by atomic mass is 19.3. The van der Waals surface area contributed by atoms with Crippen molar-refractivity contribution >= 4 is 5.91 Å². The molecule has 1 saturated carbocycles. The molecule has 1 aliphatic carbocycles. The average Bonchev–Trinajstić information content (AvgIpc) is 3.37. The molecule has 2 N–H and O–H groups in total. The molecular weight excluding hydrogens is 488 g/mol. The number of hydrogen-bond acceptors (Lipinski definition) is 5. The Morgan fingerprint density at radius 3 is 2.42 bits per heavy atom. The number of fused-ring (bicyclic) bond motifs is 2. The average molecular weight is 530 g/mol. The molecular formula is C29H41F2N5O2. The van der Waals surface area contributed by atoms with Crippen LogP contribution in [0.5, 0.6) is 0 Å². The maximum absolute atomic E-state index is 13.7. The molecule has 3 heterocycles. The van der Waals surface area contributed by atoms with Gasteiger partial charge in [0.05, 0.1) is 18.1 Å². The first kappa shape index (κ1) is 27.2. The molecule has 7 nitrogen and oxygen atoms in total. The third-order valence-electron chi connectivity index (χ3n) is 8.96. The highest BCUT2D eigenvalue weighted by molar-refractivity contribution is 5.79. The van der Waals surface area contributed by atoms with Crippen molar-refractivity contribution in [3.05, 3.63) is 47.5 Å². The number of nitrogens with zero attached hydrogens (tertiary/aromatic N) is 4. The molecule has 0 spiro atoms. The summed E-state index contributed by atoms with van der Waals surface area (Å²) in [6.45, 7) is 7.23. The third-order valence-corrected chi connectivity index (χ3v) is 8.96. The number of rotatable bonds is 8. The number of benzene rings is 1. The van der Waals surface area contributed by atoms with E-state index in [0.717, 1.165) is 43.0 Å². The predicted molar refractivity (Wildman–Crippen MR) is 141 cm³/mol. The van der Waals surface area contributed by atoms with E-state index >= 15 is 0 Å². The quantitative estimate of drug-likeness (QED) is 0.507. The van der Waals surface area contributed by atoms with E-state index in [9.17, 15) is 18.7 Å². The Kier molecular flexibility index (Phi) is 7.87. The van der Waals surface area contributed by atoms with Gasteiger partial charge in [-0.3, -0.25) is 9.69 Å². The van der Waals surface area contributed by atoms with Crippen LogP contribution in [0.25, 0.3) is 0 Å². The van der Waals surface area contributed by atoms with E-state index in [4.69, 9.17) is 0 Å². The summed E-state index contributed by atoms with van der Waals surface area (Å²) < 4.78 is 29.8. The summed E-state index contributed by atoms with van der Waals surface area (Å²) in [5.74, 6) is -1.64. The molecule has 9 heteroatoms. The first-order valence-corrected chi connectivity index (χ1v) is 14.2. The molecule has 3 fully saturated rings. The van der Waals surface area contributed by atoms with E-state index in [2.05, 4.69) is 38.8 Å². The first-order chi connectivity index (χ1) is 18.1. The van der Waals surface area contributed by atoms with Gasteiger partial charge in [0, 0.05) is 43.4 Å². The number of aromatic nitrogens is 3. The summed E-state index contributed by atoms with van der Waals surface area (Å²) in [7, 11) is 0. The van der Waals surface area contributed by atoms with Crippen LogP contribution in [-0.2, 0) is 4.79 Å². The van der Waals surface area contributed by atoms with Crippen molar-refractivity contribution in [2.45, 2.75) is 114 Å². The van der Waals surface area contributed by atoms with Gasteiger partial charge in [-0.2, -0.15) is 0 Å². The second kappa shape index (κ2) is 11.0. The standard InChI is InChI=1S/C29H41F2N5O2/c1-18(2)27-34-33-19(3)36(27)23-15-21-9-10-22(16-23)35(21)14-12-25(20-7-5-4-6-8-20)32-28(38)24-11-13-29(30,31)17-26(24)37/h4-8,18,21-26,37H,9-17H2,1-3H3,(H,32,38)/t21-,22+,23?,24-,25+,26-/m1/s1. The number of carbonyl (C=O) groups is 1. The van der Waals surface area contributed by atoms with Gasteiger partial charge in [0.15, 0.2) is 0 Å². The summed E-state index contributed by atoms with van der Waals surface area (Å²) in [6.07, 6.45) is 2.89. The molecule has 2 saturated heterocycles. The van der Waals surface area contributed by atoms with Crippen molar-refractivity contribution in [2.75, 3.05) is 6.54 Å². The molecule has 1 aromatic heterocycles. The molecule has 208 valence electrons. The van der Waals surface area contributed by atoms with Gasteiger partial charge in [0.25, 0.3) is 5.92 Å². The topological polar surface area (TPSA) is 83.3 Å². The van der Waals surface area contributed by atoms with Crippen LogP contribution in [0.3, 0.4) is 0 Å². The monoisotopic (exact) mass is 529 g/mol. The van der Waals surface area contributed by atoms with Crippen molar-refractivity contribution < 1.29 is 18.7 Å². The molecule has 2 bridgehead atoms. The number of aliphatic hydroxyl groups excluding tert-OH is 1. The molecule has 1 amide bonds. The summed E-state index contributed by atoms with van der Waals surface area (Å²) in [5, 5.41) is 22.2. The van der Waals surface area contributed by atoms with Crippen molar-refractivity contribution in [3.8, 4) is 0 Å². The van der Waals surface area contributed by atoms with E-state index in [-0.39, 0.29) is 24.8 Å². The minimum absolute atomic E-state index is 0.0000598. The molecule has 2 aliphatic heterocycles. The number of nitrogens with one attached hydrogen (secondary N) is 1. The Labute approximate surface area is 224 Å². The Bertz CT molecular complexity index is 1090. The molecule has 1 unspecified atom stereocenters.